The highest BCUT2D eigenvalue weighted by molar-refractivity contribution is 6.21. The lowest BCUT2D eigenvalue weighted by atomic mass is 9.74. The Morgan fingerprint density at radius 2 is 1.87 bits per heavy atom. The molecule has 1 aromatic carbocycles. The monoisotopic (exact) mass is 215 g/mol. The van der Waals surface area contributed by atoms with Crippen LogP contribution in [0.15, 0.2) is 36.4 Å². The van der Waals surface area contributed by atoms with E-state index in [0.29, 0.717) is 0 Å². The maximum Gasteiger partial charge on any atom is 0.0672 e. The van der Waals surface area contributed by atoms with E-state index >= 15 is 0 Å². The molecular weight excluding hydrogens is 206 g/mol. The van der Waals surface area contributed by atoms with Crippen LogP contribution < -0.4 is 0 Å². The zero-order valence-corrected chi connectivity index (χ0v) is 8.85. The summed E-state index contributed by atoms with van der Waals surface area (Å²) >= 11 is 6.41. The van der Waals surface area contributed by atoms with Crippen LogP contribution in [0.2, 0.25) is 0 Å². The third-order valence-electron chi connectivity index (χ3n) is 3.48. The molecule has 0 spiro atoms. The Morgan fingerprint density at radius 3 is 2.60 bits per heavy atom. The Morgan fingerprint density at radius 1 is 1.13 bits per heavy atom. The largest absolute Gasteiger partial charge is 0.198 e. The fraction of sp³-hybridized carbons (Fsp3) is 0.308. The highest BCUT2D eigenvalue weighted by Crippen LogP contribution is 2.52. The van der Waals surface area contributed by atoms with Crippen LogP contribution in [0.1, 0.15) is 22.4 Å². The van der Waals surface area contributed by atoms with Crippen molar-refractivity contribution in [3.05, 3.63) is 47.5 Å². The van der Waals surface area contributed by atoms with E-state index in [1.165, 1.54) is 11.1 Å². The lowest BCUT2D eigenvalue weighted by Gasteiger charge is -2.31. The summed E-state index contributed by atoms with van der Waals surface area (Å²) in [6.45, 7) is 0. The Bertz CT molecular complexity index is 472. The minimum absolute atomic E-state index is 0.0300. The third kappa shape index (κ3) is 1.09. The van der Waals surface area contributed by atoms with Crippen LogP contribution >= 0.6 is 11.6 Å². The van der Waals surface area contributed by atoms with Gasteiger partial charge in [0.15, 0.2) is 0 Å². The first kappa shape index (κ1) is 9.00. The van der Waals surface area contributed by atoms with Gasteiger partial charge in [-0.3, -0.25) is 0 Å². The second-order valence-electron chi connectivity index (χ2n) is 4.17. The summed E-state index contributed by atoms with van der Waals surface area (Å²) in [5.74, 6) is 0.477. The molecule has 15 heavy (non-hydrogen) atoms. The van der Waals surface area contributed by atoms with Crippen molar-refractivity contribution in [3.63, 3.8) is 0 Å². The average Bonchev–Trinajstić information content (AvgIpc) is 2.65. The van der Waals surface area contributed by atoms with Gasteiger partial charge in [0.1, 0.15) is 0 Å². The molecule has 1 aromatic rings. The van der Waals surface area contributed by atoms with E-state index in [9.17, 15) is 0 Å². The SMILES string of the molecule is N#C[C@@H]1[C@H]2C=C[C@@H]1c1ccccc1[C@@H]2Cl. The van der Waals surface area contributed by atoms with Gasteiger partial charge in [-0.2, -0.15) is 5.26 Å². The van der Waals surface area contributed by atoms with E-state index in [1.54, 1.807) is 0 Å². The number of benzene rings is 1. The van der Waals surface area contributed by atoms with E-state index in [0.717, 1.165) is 0 Å². The molecule has 0 fully saturated rings. The fourth-order valence-electron chi connectivity index (χ4n) is 2.74. The summed E-state index contributed by atoms with van der Waals surface area (Å²) in [5, 5.41) is 9.13. The summed E-state index contributed by atoms with van der Waals surface area (Å²) in [6, 6.07) is 10.6. The zero-order valence-electron chi connectivity index (χ0n) is 8.10. The van der Waals surface area contributed by atoms with E-state index in [4.69, 9.17) is 16.9 Å². The summed E-state index contributed by atoms with van der Waals surface area (Å²) in [7, 11) is 0. The molecule has 0 aromatic heterocycles. The average molecular weight is 216 g/mol. The molecule has 0 heterocycles. The molecule has 2 aliphatic carbocycles. The van der Waals surface area contributed by atoms with Gasteiger partial charge in [0.2, 0.25) is 0 Å². The second-order valence-corrected chi connectivity index (χ2v) is 4.64. The quantitative estimate of drug-likeness (QED) is 0.481. The van der Waals surface area contributed by atoms with Crippen molar-refractivity contribution in [2.75, 3.05) is 0 Å². The predicted octanol–water partition coefficient (Wildman–Crippen LogP) is 3.39. The summed E-state index contributed by atoms with van der Waals surface area (Å²) < 4.78 is 0. The Kier molecular flexibility index (Phi) is 1.87. The van der Waals surface area contributed by atoms with Crippen LogP contribution in [-0.4, -0.2) is 0 Å². The van der Waals surface area contributed by atoms with Gasteiger partial charge >= 0.3 is 0 Å². The highest BCUT2D eigenvalue weighted by Gasteiger charge is 2.43. The highest BCUT2D eigenvalue weighted by atomic mass is 35.5. The molecular formula is C13H10ClN. The normalized spacial score (nSPS) is 36.0. The number of allylic oxidation sites excluding steroid dienone is 2. The molecule has 0 aliphatic heterocycles. The van der Waals surface area contributed by atoms with Crippen molar-refractivity contribution in [2.45, 2.75) is 11.3 Å². The van der Waals surface area contributed by atoms with Crippen molar-refractivity contribution in [1.82, 2.24) is 0 Å². The van der Waals surface area contributed by atoms with E-state index in [1.807, 2.05) is 12.1 Å². The lowest BCUT2D eigenvalue weighted by molar-refractivity contribution is 0.438. The minimum Gasteiger partial charge on any atom is -0.198 e. The van der Waals surface area contributed by atoms with Crippen molar-refractivity contribution >= 4 is 11.6 Å². The fourth-order valence-corrected chi connectivity index (χ4v) is 3.18. The number of fused-ring (bicyclic) bond motifs is 4. The van der Waals surface area contributed by atoms with E-state index in [-0.39, 0.29) is 23.1 Å². The topological polar surface area (TPSA) is 23.8 Å². The third-order valence-corrected chi connectivity index (χ3v) is 4.01. The van der Waals surface area contributed by atoms with Gasteiger partial charge in [-0.05, 0) is 11.1 Å². The first-order valence-corrected chi connectivity index (χ1v) is 5.57. The molecule has 2 bridgehead atoms. The molecule has 3 rings (SSSR count). The molecule has 1 nitrogen and oxygen atoms in total. The van der Waals surface area contributed by atoms with Gasteiger partial charge in [-0.15, -0.1) is 11.6 Å². The van der Waals surface area contributed by atoms with Gasteiger partial charge in [0.05, 0.1) is 17.4 Å². The van der Waals surface area contributed by atoms with Crippen molar-refractivity contribution in [3.8, 4) is 6.07 Å². The first-order chi connectivity index (χ1) is 7.33. The number of nitrogens with zero attached hydrogens (tertiary/aromatic N) is 1. The molecule has 4 atom stereocenters. The van der Waals surface area contributed by atoms with Gasteiger partial charge < -0.3 is 0 Å². The zero-order chi connectivity index (χ0) is 10.4. The summed E-state index contributed by atoms with van der Waals surface area (Å²) in [6.07, 6.45) is 4.25. The van der Waals surface area contributed by atoms with Crippen molar-refractivity contribution < 1.29 is 0 Å². The van der Waals surface area contributed by atoms with Gasteiger partial charge in [-0.1, -0.05) is 36.4 Å². The molecule has 0 saturated heterocycles. The number of nitriles is 1. The lowest BCUT2D eigenvalue weighted by Crippen LogP contribution is -2.23. The second kappa shape index (κ2) is 3.12. The molecule has 0 N–H and O–H groups in total. The van der Waals surface area contributed by atoms with Crippen molar-refractivity contribution in [2.24, 2.45) is 11.8 Å². The molecule has 0 amide bonds. The molecule has 0 radical (unpaired) electrons. The van der Waals surface area contributed by atoms with Crippen molar-refractivity contribution in [1.29, 1.82) is 5.26 Å². The summed E-state index contributed by atoms with van der Waals surface area (Å²) in [4.78, 5) is 0. The Hall–Kier alpha value is -1.26. The Labute approximate surface area is 94.0 Å². The molecule has 0 unspecified atom stereocenters. The van der Waals surface area contributed by atoms with Crippen LogP contribution in [0, 0.1) is 23.2 Å². The number of halogens is 1. The number of hydrogen-bond acceptors (Lipinski definition) is 1. The first-order valence-electron chi connectivity index (χ1n) is 5.14. The molecule has 0 saturated carbocycles. The summed E-state index contributed by atoms with van der Waals surface area (Å²) in [5.41, 5.74) is 2.43. The molecule has 2 aliphatic rings. The van der Waals surface area contributed by atoms with Gasteiger partial charge in [-0.25, -0.2) is 0 Å². The van der Waals surface area contributed by atoms with Gasteiger partial charge in [0.25, 0.3) is 0 Å². The number of alkyl halides is 1. The molecule has 2 heteroatoms. The van der Waals surface area contributed by atoms with Crippen LogP contribution in [0.5, 0.6) is 0 Å². The minimum atomic E-state index is -0.0409. The van der Waals surface area contributed by atoms with Crippen LogP contribution in [0.3, 0.4) is 0 Å². The maximum absolute atomic E-state index is 9.17. The van der Waals surface area contributed by atoms with Crippen LogP contribution in [-0.2, 0) is 0 Å². The van der Waals surface area contributed by atoms with E-state index < -0.39 is 0 Å². The predicted molar refractivity (Wildman–Crippen MR) is 59.5 cm³/mol. The maximum atomic E-state index is 9.17. The molecule has 74 valence electrons. The Balaban J connectivity index is 2.20. The van der Waals surface area contributed by atoms with Gasteiger partial charge in [0, 0.05) is 11.8 Å². The van der Waals surface area contributed by atoms with Crippen LogP contribution in [0.25, 0.3) is 0 Å². The number of hydrogen-bond donors (Lipinski definition) is 0. The number of rotatable bonds is 0. The smallest absolute Gasteiger partial charge is 0.0672 e. The standard InChI is InChI=1S/C13H10ClN/c14-13-10-4-2-1-3-8(10)9-5-6-11(13)12(9)7-15/h1-6,9,11-13H/t9-,11-,12+,13+/m1/s1. The van der Waals surface area contributed by atoms with Crippen LogP contribution in [0.4, 0.5) is 0 Å². The van der Waals surface area contributed by atoms with E-state index in [2.05, 4.69) is 30.4 Å².